The summed E-state index contributed by atoms with van der Waals surface area (Å²) in [5, 5.41) is 6.73. The number of fused-ring (bicyclic) bond motifs is 1. The van der Waals surface area contributed by atoms with Crippen molar-refractivity contribution >= 4 is 21.6 Å². The SMILES string of the molecule is Brc1cccc2c1CNCCN2. The summed E-state index contributed by atoms with van der Waals surface area (Å²) in [7, 11) is 0. The van der Waals surface area contributed by atoms with Gasteiger partial charge in [0, 0.05) is 35.4 Å². The van der Waals surface area contributed by atoms with E-state index in [-0.39, 0.29) is 0 Å². The van der Waals surface area contributed by atoms with E-state index in [1.165, 1.54) is 15.7 Å². The van der Waals surface area contributed by atoms with Gasteiger partial charge in [0.15, 0.2) is 0 Å². The Balaban J connectivity index is 2.42. The summed E-state index contributed by atoms with van der Waals surface area (Å²) in [6.07, 6.45) is 0. The molecule has 1 aliphatic rings. The lowest BCUT2D eigenvalue weighted by atomic mass is 10.2. The van der Waals surface area contributed by atoms with Gasteiger partial charge in [-0.3, -0.25) is 0 Å². The molecule has 0 atom stereocenters. The molecule has 3 heteroatoms. The Hall–Kier alpha value is -0.540. The fraction of sp³-hybridized carbons (Fsp3) is 0.333. The molecule has 12 heavy (non-hydrogen) atoms. The van der Waals surface area contributed by atoms with Crippen LogP contribution in [0.4, 0.5) is 5.69 Å². The first-order valence-corrected chi connectivity index (χ1v) is 4.89. The minimum atomic E-state index is 0.948. The first-order valence-electron chi connectivity index (χ1n) is 4.10. The molecule has 0 spiro atoms. The topological polar surface area (TPSA) is 24.1 Å². The molecule has 0 aromatic heterocycles. The highest BCUT2D eigenvalue weighted by Crippen LogP contribution is 2.25. The fourth-order valence-electron chi connectivity index (χ4n) is 1.40. The van der Waals surface area contributed by atoms with Crippen LogP contribution in [-0.4, -0.2) is 13.1 Å². The van der Waals surface area contributed by atoms with E-state index in [0.717, 1.165) is 19.6 Å². The van der Waals surface area contributed by atoms with E-state index in [2.05, 4.69) is 44.8 Å². The molecule has 0 fully saturated rings. The summed E-state index contributed by atoms with van der Waals surface area (Å²) in [4.78, 5) is 0. The second kappa shape index (κ2) is 3.46. The van der Waals surface area contributed by atoms with E-state index in [1.807, 2.05) is 0 Å². The monoisotopic (exact) mass is 226 g/mol. The van der Waals surface area contributed by atoms with E-state index in [4.69, 9.17) is 0 Å². The van der Waals surface area contributed by atoms with Crippen LogP contribution in [0.25, 0.3) is 0 Å². The predicted octanol–water partition coefficient (Wildman–Crippen LogP) is 1.96. The molecule has 1 aromatic rings. The second-order valence-electron chi connectivity index (χ2n) is 2.87. The van der Waals surface area contributed by atoms with Crippen molar-refractivity contribution in [2.24, 2.45) is 0 Å². The zero-order valence-corrected chi connectivity index (χ0v) is 8.32. The molecule has 1 aliphatic heterocycles. The molecular weight excluding hydrogens is 216 g/mol. The first-order chi connectivity index (χ1) is 5.88. The Morgan fingerprint density at radius 2 is 2.17 bits per heavy atom. The van der Waals surface area contributed by atoms with Gasteiger partial charge < -0.3 is 10.6 Å². The lowest BCUT2D eigenvalue weighted by molar-refractivity contribution is 0.723. The number of halogens is 1. The van der Waals surface area contributed by atoms with Crippen LogP contribution in [0.2, 0.25) is 0 Å². The van der Waals surface area contributed by atoms with Gasteiger partial charge in [-0.25, -0.2) is 0 Å². The lowest BCUT2D eigenvalue weighted by Gasteiger charge is -2.07. The Morgan fingerprint density at radius 3 is 3.08 bits per heavy atom. The molecule has 2 rings (SSSR count). The smallest absolute Gasteiger partial charge is 0.0397 e. The van der Waals surface area contributed by atoms with Gasteiger partial charge >= 0.3 is 0 Å². The van der Waals surface area contributed by atoms with Crippen LogP contribution in [0.15, 0.2) is 22.7 Å². The van der Waals surface area contributed by atoms with Crippen LogP contribution >= 0.6 is 15.9 Å². The maximum atomic E-state index is 3.54. The lowest BCUT2D eigenvalue weighted by Crippen LogP contribution is -2.16. The normalized spacial score (nSPS) is 16.1. The minimum absolute atomic E-state index is 0.948. The highest BCUT2D eigenvalue weighted by molar-refractivity contribution is 9.10. The molecule has 2 nitrogen and oxygen atoms in total. The summed E-state index contributed by atoms with van der Waals surface area (Å²) in [6, 6.07) is 6.25. The van der Waals surface area contributed by atoms with Crippen LogP contribution < -0.4 is 10.6 Å². The van der Waals surface area contributed by atoms with E-state index >= 15 is 0 Å². The Bertz CT molecular complexity index is 286. The fourth-order valence-corrected chi connectivity index (χ4v) is 1.91. The van der Waals surface area contributed by atoms with Crippen molar-refractivity contribution in [2.75, 3.05) is 18.4 Å². The molecule has 64 valence electrons. The third kappa shape index (κ3) is 1.47. The maximum Gasteiger partial charge on any atom is 0.0397 e. The van der Waals surface area contributed by atoms with Crippen LogP contribution in [0.5, 0.6) is 0 Å². The van der Waals surface area contributed by atoms with E-state index < -0.39 is 0 Å². The average molecular weight is 227 g/mol. The van der Waals surface area contributed by atoms with Crippen molar-refractivity contribution in [2.45, 2.75) is 6.54 Å². The van der Waals surface area contributed by atoms with E-state index in [1.54, 1.807) is 0 Å². The summed E-state index contributed by atoms with van der Waals surface area (Å²) < 4.78 is 1.18. The van der Waals surface area contributed by atoms with Gasteiger partial charge in [-0.05, 0) is 12.1 Å². The molecule has 0 saturated carbocycles. The minimum Gasteiger partial charge on any atom is -0.383 e. The third-order valence-corrected chi connectivity index (χ3v) is 2.78. The van der Waals surface area contributed by atoms with Crippen LogP contribution in [0, 0.1) is 0 Å². The molecular formula is C9H11BrN2. The highest BCUT2D eigenvalue weighted by atomic mass is 79.9. The molecule has 0 amide bonds. The van der Waals surface area contributed by atoms with Gasteiger partial charge in [-0.2, -0.15) is 0 Å². The number of anilines is 1. The van der Waals surface area contributed by atoms with Gasteiger partial charge in [0.2, 0.25) is 0 Å². The van der Waals surface area contributed by atoms with Crippen molar-refractivity contribution in [1.29, 1.82) is 0 Å². The molecule has 0 unspecified atom stereocenters. The largest absolute Gasteiger partial charge is 0.383 e. The molecule has 0 aliphatic carbocycles. The van der Waals surface area contributed by atoms with Crippen LogP contribution in [0.1, 0.15) is 5.56 Å². The number of rotatable bonds is 0. The Morgan fingerprint density at radius 1 is 1.25 bits per heavy atom. The van der Waals surface area contributed by atoms with Crippen LogP contribution in [-0.2, 0) is 6.54 Å². The van der Waals surface area contributed by atoms with Crippen molar-refractivity contribution in [1.82, 2.24) is 5.32 Å². The van der Waals surface area contributed by atoms with E-state index in [9.17, 15) is 0 Å². The Kier molecular flexibility index (Phi) is 2.33. The average Bonchev–Trinajstić information content (AvgIpc) is 2.30. The second-order valence-corrected chi connectivity index (χ2v) is 3.72. The molecule has 0 bridgehead atoms. The van der Waals surface area contributed by atoms with Gasteiger partial charge in [0.05, 0.1) is 0 Å². The van der Waals surface area contributed by atoms with Crippen molar-refractivity contribution in [3.63, 3.8) is 0 Å². The molecule has 1 heterocycles. The maximum absolute atomic E-state index is 3.54. The number of hydrogen-bond acceptors (Lipinski definition) is 2. The zero-order chi connectivity index (χ0) is 8.39. The van der Waals surface area contributed by atoms with Gasteiger partial charge in [0.1, 0.15) is 0 Å². The molecule has 0 saturated heterocycles. The standard InChI is InChI=1S/C9H11BrN2/c10-8-2-1-3-9-7(8)6-11-4-5-12-9/h1-3,11-12H,4-6H2. The molecule has 1 aromatic carbocycles. The quantitative estimate of drug-likeness (QED) is 0.708. The van der Waals surface area contributed by atoms with Crippen molar-refractivity contribution in [3.05, 3.63) is 28.2 Å². The van der Waals surface area contributed by atoms with Crippen LogP contribution in [0.3, 0.4) is 0 Å². The van der Waals surface area contributed by atoms with E-state index in [0.29, 0.717) is 0 Å². The summed E-state index contributed by atoms with van der Waals surface area (Å²) >= 11 is 3.54. The zero-order valence-electron chi connectivity index (χ0n) is 6.73. The van der Waals surface area contributed by atoms with Gasteiger partial charge in [-0.15, -0.1) is 0 Å². The van der Waals surface area contributed by atoms with Gasteiger partial charge in [-0.1, -0.05) is 22.0 Å². The number of nitrogens with one attached hydrogen (secondary N) is 2. The molecule has 0 radical (unpaired) electrons. The van der Waals surface area contributed by atoms with Crippen molar-refractivity contribution in [3.8, 4) is 0 Å². The summed E-state index contributed by atoms with van der Waals surface area (Å²) in [5.74, 6) is 0. The summed E-state index contributed by atoms with van der Waals surface area (Å²) in [5.41, 5.74) is 2.57. The Labute approximate surface area is 80.5 Å². The first kappa shape index (κ1) is 8.08. The molecule has 2 N–H and O–H groups in total. The van der Waals surface area contributed by atoms with Crippen molar-refractivity contribution < 1.29 is 0 Å². The predicted molar refractivity (Wildman–Crippen MR) is 54.3 cm³/mol. The summed E-state index contributed by atoms with van der Waals surface area (Å²) in [6.45, 7) is 2.98. The van der Waals surface area contributed by atoms with Gasteiger partial charge in [0.25, 0.3) is 0 Å². The highest BCUT2D eigenvalue weighted by Gasteiger charge is 2.08. The number of hydrogen-bond donors (Lipinski definition) is 2. The number of benzene rings is 1. The third-order valence-electron chi connectivity index (χ3n) is 2.04.